The van der Waals surface area contributed by atoms with Crippen molar-refractivity contribution in [3.63, 3.8) is 0 Å². The van der Waals surface area contributed by atoms with E-state index in [0.717, 1.165) is 0 Å². The fraction of sp³-hybridized carbons (Fsp3) is 0.188. The van der Waals surface area contributed by atoms with Gasteiger partial charge in [-0.25, -0.2) is 9.59 Å². The number of nitrogens with one attached hydrogen (secondary N) is 1. The second kappa shape index (κ2) is 7.55. The van der Waals surface area contributed by atoms with Crippen molar-refractivity contribution in [1.82, 2.24) is 0 Å². The lowest BCUT2D eigenvalue weighted by molar-refractivity contribution is 0.0527. The molecule has 0 aliphatic heterocycles. The molecule has 1 amide bonds. The molecular formula is C16H15NO5S. The molecular weight excluding hydrogens is 318 g/mol. The van der Waals surface area contributed by atoms with E-state index in [1.54, 1.807) is 18.4 Å². The summed E-state index contributed by atoms with van der Waals surface area (Å²) in [6, 6.07) is 7.62. The van der Waals surface area contributed by atoms with Crippen LogP contribution in [-0.2, 0) is 9.47 Å². The van der Waals surface area contributed by atoms with Crippen molar-refractivity contribution in [2.24, 2.45) is 0 Å². The van der Waals surface area contributed by atoms with Crippen molar-refractivity contribution in [1.29, 1.82) is 0 Å². The molecule has 7 heteroatoms. The normalized spacial score (nSPS) is 10.0. The molecule has 0 spiro atoms. The third-order valence-corrected chi connectivity index (χ3v) is 3.79. The van der Waals surface area contributed by atoms with Crippen LogP contribution in [-0.4, -0.2) is 31.6 Å². The molecule has 0 bridgehead atoms. The minimum Gasteiger partial charge on any atom is -0.465 e. The Kier molecular flexibility index (Phi) is 5.48. The number of rotatable bonds is 5. The number of carbonyl (C=O) groups is 3. The third kappa shape index (κ3) is 3.95. The number of amides is 1. The highest BCUT2D eigenvalue weighted by molar-refractivity contribution is 7.14. The number of esters is 2. The first-order valence-electron chi connectivity index (χ1n) is 6.81. The maximum atomic E-state index is 12.2. The van der Waals surface area contributed by atoms with Gasteiger partial charge in [-0.2, -0.15) is 0 Å². The fourth-order valence-electron chi connectivity index (χ4n) is 1.83. The van der Waals surface area contributed by atoms with Crippen LogP contribution in [0.4, 0.5) is 5.00 Å². The molecule has 0 radical (unpaired) electrons. The van der Waals surface area contributed by atoms with Crippen LogP contribution in [0.5, 0.6) is 0 Å². The average molecular weight is 333 g/mol. The summed E-state index contributed by atoms with van der Waals surface area (Å²) in [6.07, 6.45) is 0. The van der Waals surface area contributed by atoms with Crippen LogP contribution in [0.15, 0.2) is 35.7 Å². The zero-order valence-electron chi connectivity index (χ0n) is 12.6. The lowest BCUT2D eigenvalue weighted by Crippen LogP contribution is -2.14. The van der Waals surface area contributed by atoms with Crippen LogP contribution >= 0.6 is 11.3 Å². The highest BCUT2D eigenvalue weighted by Gasteiger charge is 2.17. The molecule has 0 fully saturated rings. The molecule has 1 N–H and O–H groups in total. The number of benzene rings is 1. The minimum atomic E-state index is -0.481. The Balaban J connectivity index is 2.12. The summed E-state index contributed by atoms with van der Waals surface area (Å²) >= 11 is 1.23. The number of anilines is 1. The number of hydrogen-bond acceptors (Lipinski definition) is 6. The standard InChI is InChI=1S/C16H15NO5S/c1-3-22-16(20)12-8-9-23-14(12)17-13(18)10-4-6-11(7-5-10)15(19)21-2/h4-9H,3H2,1-2H3,(H,17,18). The summed E-state index contributed by atoms with van der Waals surface area (Å²) in [7, 11) is 1.29. The number of methoxy groups -OCH3 is 1. The minimum absolute atomic E-state index is 0.261. The molecule has 1 heterocycles. The summed E-state index contributed by atoms with van der Waals surface area (Å²) < 4.78 is 9.53. The summed E-state index contributed by atoms with van der Waals surface area (Å²) in [5.74, 6) is -1.33. The zero-order chi connectivity index (χ0) is 16.8. The Labute approximate surface area is 137 Å². The van der Waals surface area contributed by atoms with Crippen LogP contribution in [0.2, 0.25) is 0 Å². The van der Waals surface area contributed by atoms with Gasteiger partial charge < -0.3 is 14.8 Å². The monoisotopic (exact) mass is 333 g/mol. The number of hydrogen-bond donors (Lipinski definition) is 1. The highest BCUT2D eigenvalue weighted by atomic mass is 32.1. The number of ether oxygens (including phenoxy) is 2. The van der Waals surface area contributed by atoms with Crippen molar-refractivity contribution >= 4 is 34.2 Å². The second-order valence-corrected chi connectivity index (χ2v) is 5.32. The van der Waals surface area contributed by atoms with E-state index in [2.05, 4.69) is 10.1 Å². The first kappa shape index (κ1) is 16.7. The van der Waals surface area contributed by atoms with E-state index in [4.69, 9.17) is 4.74 Å². The smallest absolute Gasteiger partial charge is 0.341 e. The van der Waals surface area contributed by atoms with Crippen LogP contribution in [0.1, 0.15) is 38.0 Å². The lowest BCUT2D eigenvalue weighted by atomic mass is 10.1. The van der Waals surface area contributed by atoms with Gasteiger partial charge >= 0.3 is 11.9 Å². The number of thiophene rings is 1. The number of carbonyl (C=O) groups excluding carboxylic acids is 3. The van der Waals surface area contributed by atoms with Gasteiger partial charge in [-0.15, -0.1) is 11.3 Å². The first-order chi connectivity index (χ1) is 11.1. The maximum absolute atomic E-state index is 12.2. The van der Waals surface area contributed by atoms with E-state index >= 15 is 0 Å². The van der Waals surface area contributed by atoms with E-state index in [1.807, 2.05) is 0 Å². The average Bonchev–Trinajstić information content (AvgIpc) is 3.02. The molecule has 23 heavy (non-hydrogen) atoms. The van der Waals surface area contributed by atoms with Crippen LogP contribution < -0.4 is 5.32 Å². The first-order valence-corrected chi connectivity index (χ1v) is 7.69. The Morgan fingerprint density at radius 2 is 1.70 bits per heavy atom. The van der Waals surface area contributed by atoms with E-state index in [9.17, 15) is 14.4 Å². The van der Waals surface area contributed by atoms with Gasteiger partial charge in [0.25, 0.3) is 5.91 Å². The van der Waals surface area contributed by atoms with Crippen molar-refractivity contribution in [2.45, 2.75) is 6.92 Å². The lowest BCUT2D eigenvalue weighted by Gasteiger charge is -2.06. The predicted octanol–water partition coefficient (Wildman–Crippen LogP) is 2.96. The molecule has 6 nitrogen and oxygen atoms in total. The van der Waals surface area contributed by atoms with Gasteiger partial charge in [0.05, 0.1) is 24.8 Å². The molecule has 0 atom stereocenters. The van der Waals surface area contributed by atoms with Gasteiger partial charge in [0.2, 0.25) is 0 Å². The molecule has 2 rings (SSSR count). The van der Waals surface area contributed by atoms with E-state index in [-0.39, 0.29) is 12.5 Å². The molecule has 0 aliphatic carbocycles. The van der Waals surface area contributed by atoms with Crippen LogP contribution in [0.3, 0.4) is 0 Å². The maximum Gasteiger partial charge on any atom is 0.341 e. The molecule has 0 saturated heterocycles. The molecule has 2 aromatic rings. The van der Waals surface area contributed by atoms with Gasteiger partial charge in [0.15, 0.2) is 0 Å². The van der Waals surface area contributed by atoms with Crippen molar-refractivity contribution < 1.29 is 23.9 Å². The van der Waals surface area contributed by atoms with E-state index in [0.29, 0.717) is 21.7 Å². The van der Waals surface area contributed by atoms with E-state index < -0.39 is 11.9 Å². The largest absolute Gasteiger partial charge is 0.465 e. The summed E-state index contributed by atoms with van der Waals surface area (Å²) in [5, 5.41) is 4.79. The van der Waals surface area contributed by atoms with Gasteiger partial charge in [-0.05, 0) is 42.6 Å². The third-order valence-electron chi connectivity index (χ3n) is 2.96. The summed E-state index contributed by atoms with van der Waals surface area (Å²) in [4.78, 5) is 35.4. The quantitative estimate of drug-likeness (QED) is 0.851. The van der Waals surface area contributed by atoms with Gasteiger partial charge in [0.1, 0.15) is 5.00 Å². The zero-order valence-corrected chi connectivity index (χ0v) is 13.4. The fourth-order valence-corrected chi connectivity index (χ4v) is 2.60. The summed E-state index contributed by atoms with van der Waals surface area (Å²) in [6.45, 7) is 1.97. The van der Waals surface area contributed by atoms with E-state index in [1.165, 1.54) is 42.7 Å². The molecule has 1 aromatic carbocycles. The predicted molar refractivity (Wildman–Crippen MR) is 86.0 cm³/mol. The molecule has 0 saturated carbocycles. The molecule has 0 unspecified atom stereocenters. The van der Waals surface area contributed by atoms with Crippen molar-refractivity contribution in [2.75, 3.05) is 19.0 Å². The van der Waals surface area contributed by atoms with Gasteiger partial charge in [0, 0.05) is 5.56 Å². The van der Waals surface area contributed by atoms with Gasteiger partial charge in [-0.3, -0.25) is 4.79 Å². The SMILES string of the molecule is CCOC(=O)c1ccsc1NC(=O)c1ccc(C(=O)OC)cc1. The Hall–Kier alpha value is -2.67. The topological polar surface area (TPSA) is 81.7 Å². The second-order valence-electron chi connectivity index (χ2n) is 4.41. The Bertz CT molecular complexity index is 720. The molecule has 0 aliphatic rings. The molecule has 120 valence electrons. The van der Waals surface area contributed by atoms with Crippen molar-refractivity contribution in [3.05, 3.63) is 52.4 Å². The van der Waals surface area contributed by atoms with Crippen LogP contribution in [0.25, 0.3) is 0 Å². The Morgan fingerprint density at radius 3 is 2.30 bits per heavy atom. The molecule has 1 aromatic heterocycles. The summed E-state index contributed by atoms with van der Waals surface area (Å²) in [5.41, 5.74) is 1.03. The highest BCUT2D eigenvalue weighted by Crippen LogP contribution is 2.24. The van der Waals surface area contributed by atoms with Crippen LogP contribution in [0, 0.1) is 0 Å². The van der Waals surface area contributed by atoms with Crippen molar-refractivity contribution in [3.8, 4) is 0 Å². The van der Waals surface area contributed by atoms with Gasteiger partial charge in [-0.1, -0.05) is 0 Å². The Morgan fingerprint density at radius 1 is 1.04 bits per heavy atom.